The van der Waals surface area contributed by atoms with Gasteiger partial charge in [-0.2, -0.15) is 0 Å². The molecular formula is C14H12BrFN2O. The molecule has 0 radical (unpaired) electrons. The highest BCUT2D eigenvalue weighted by atomic mass is 79.9. The van der Waals surface area contributed by atoms with Crippen molar-refractivity contribution < 1.29 is 9.13 Å². The van der Waals surface area contributed by atoms with Gasteiger partial charge in [0.05, 0.1) is 6.54 Å². The molecule has 0 atom stereocenters. The Labute approximate surface area is 119 Å². The lowest BCUT2D eigenvalue weighted by Crippen LogP contribution is -2.33. The number of rotatable bonds is 2. The molecule has 0 spiro atoms. The molecule has 0 fully saturated rings. The molecule has 3 nitrogen and oxygen atoms in total. The number of benzene rings is 1. The van der Waals surface area contributed by atoms with Gasteiger partial charge >= 0.3 is 0 Å². The molecule has 0 aliphatic carbocycles. The van der Waals surface area contributed by atoms with Crippen molar-refractivity contribution in [3.8, 4) is 5.75 Å². The normalized spacial score (nSPS) is 13.9. The maximum Gasteiger partial charge on any atom is 0.171 e. The summed E-state index contributed by atoms with van der Waals surface area (Å²) in [5.74, 6) is 1.31. The van der Waals surface area contributed by atoms with E-state index in [1.807, 2.05) is 17.0 Å². The van der Waals surface area contributed by atoms with Crippen LogP contribution in [0, 0.1) is 5.82 Å². The lowest BCUT2D eigenvalue weighted by Gasteiger charge is -2.30. The number of hydrogen-bond donors (Lipinski definition) is 0. The second-order valence-corrected chi connectivity index (χ2v) is 5.25. The van der Waals surface area contributed by atoms with Crippen molar-refractivity contribution in [3.05, 3.63) is 52.4 Å². The van der Waals surface area contributed by atoms with Crippen LogP contribution in [0.25, 0.3) is 0 Å². The molecule has 1 aromatic heterocycles. The van der Waals surface area contributed by atoms with Gasteiger partial charge in [0.25, 0.3) is 0 Å². The minimum absolute atomic E-state index is 0.187. The number of nitrogens with zero attached hydrogens (tertiary/aromatic N) is 2. The average Bonchev–Trinajstić information content (AvgIpc) is 2.41. The summed E-state index contributed by atoms with van der Waals surface area (Å²) in [6, 6.07) is 8.70. The third-order valence-electron chi connectivity index (χ3n) is 3.04. The molecule has 3 rings (SSSR count). The van der Waals surface area contributed by atoms with Crippen molar-refractivity contribution in [1.82, 2.24) is 4.98 Å². The van der Waals surface area contributed by atoms with Crippen LogP contribution in [-0.4, -0.2) is 18.1 Å². The van der Waals surface area contributed by atoms with Crippen molar-refractivity contribution in [2.45, 2.75) is 6.54 Å². The van der Waals surface area contributed by atoms with Crippen LogP contribution in [-0.2, 0) is 6.54 Å². The smallest absolute Gasteiger partial charge is 0.171 e. The zero-order valence-electron chi connectivity index (χ0n) is 10.1. The number of hydrogen-bond acceptors (Lipinski definition) is 3. The van der Waals surface area contributed by atoms with Gasteiger partial charge < -0.3 is 9.64 Å². The topological polar surface area (TPSA) is 25.4 Å². The van der Waals surface area contributed by atoms with Crippen LogP contribution in [0.2, 0.25) is 0 Å². The second-order valence-electron chi connectivity index (χ2n) is 4.34. The van der Waals surface area contributed by atoms with E-state index in [2.05, 4.69) is 20.9 Å². The highest BCUT2D eigenvalue weighted by Crippen LogP contribution is 2.32. The summed E-state index contributed by atoms with van der Waals surface area (Å²) in [6.07, 6.45) is 1.72. The van der Waals surface area contributed by atoms with Gasteiger partial charge in [-0.25, -0.2) is 9.37 Å². The SMILES string of the molecule is Fc1ccccc1CN1CCOc2cc(Br)cnc21. The van der Waals surface area contributed by atoms with Crippen molar-refractivity contribution in [3.63, 3.8) is 0 Å². The molecule has 5 heteroatoms. The zero-order valence-corrected chi connectivity index (χ0v) is 11.7. The number of anilines is 1. The van der Waals surface area contributed by atoms with Crippen LogP contribution < -0.4 is 9.64 Å². The Morgan fingerprint density at radius 1 is 1.37 bits per heavy atom. The van der Waals surface area contributed by atoms with Gasteiger partial charge in [-0.3, -0.25) is 0 Å². The van der Waals surface area contributed by atoms with E-state index >= 15 is 0 Å². The monoisotopic (exact) mass is 322 g/mol. The fraction of sp³-hybridized carbons (Fsp3) is 0.214. The van der Waals surface area contributed by atoms with Gasteiger partial charge in [-0.05, 0) is 28.1 Å². The molecule has 0 saturated heterocycles. The first kappa shape index (κ1) is 12.4. The molecule has 19 heavy (non-hydrogen) atoms. The standard InChI is InChI=1S/C14H12BrFN2O/c15-11-7-13-14(17-8-11)18(5-6-19-13)9-10-3-1-2-4-12(10)16/h1-4,7-8H,5-6,9H2. The fourth-order valence-electron chi connectivity index (χ4n) is 2.12. The zero-order chi connectivity index (χ0) is 13.2. The number of fused-ring (bicyclic) bond motifs is 1. The summed E-state index contributed by atoms with van der Waals surface area (Å²) in [5, 5.41) is 0. The van der Waals surface area contributed by atoms with Crippen LogP contribution in [0.1, 0.15) is 5.56 Å². The quantitative estimate of drug-likeness (QED) is 0.847. The Morgan fingerprint density at radius 2 is 2.21 bits per heavy atom. The Hall–Kier alpha value is -1.62. The molecule has 1 aliphatic heterocycles. The predicted molar refractivity (Wildman–Crippen MR) is 74.9 cm³/mol. The van der Waals surface area contributed by atoms with Gasteiger partial charge in [-0.15, -0.1) is 0 Å². The van der Waals surface area contributed by atoms with E-state index in [9.17, 15) is 4.39 Å². The van der Waals surface area contributed by atoms with Crippen molar-refractivity contribution in [2.75, 3.05) is 18.1 Å². The largest absolute Gasteiger partial charge is 0.488 e. The molecule has 0 bridgehead atoms. The number of aromatic nitrogens is 1. The summed E-state index contributed by atoms with van der Waals surface area (Å²) >= 11 is 3.37. The maximum absolute atomic E-state index is 13.7. The summed E-state index contributed by atoms with van der Waals surface area (Å²) in [7, 11) is 0. The summed E-state index contributed by atoms with van der Waals surface area (Å²) in [6.45, 7) is 1.78. The molecule has 0 saturated carbocycles. The number of halogens is 2. The Bertz CT molecular complexity index is 606. The summed E-state index contributed by atoms with van der Waals surface area (Å²) in [5.41, 5.74) is 0.667. The van der Waals surface area contributed by atoms with Crippen LogP contribution in [0.15, 0.2) is 41.0 Å². The van der Waals surface area contributed by atoms with Gasteiger partial charge in [0.2, 0.25) is 0 Å². The molecule has 1 aromatic carbocycles. The third-order valence-corrected chi connectivity index (χ3v) is 3.47. The molecule has 0 N–H and O–H groups in total. The first-order valence-electron chi connectivity index (χ1n) is 6.01. The Balaban J connectivity index is 1.90. The van der Waals surface area contributed by atoms with Gasteiger partial charge in [0.1, 0.15) is 12.4 Å². The first-order chi connectivity index (χ1) is 9.24. The van der Waals surface area contributed by atoms with E-state index in [1.165, 1.54) is 6.07 Å². The predicted octanol–water partition coefficient (Wildman–Crippen LogP) is 3.38. The Morgan fingerprint density at radius 3 is 3.05 bits per heavy atom. The van der Waals surface area contributed by atoms with Crippen molar-refractivity contribution in [2.24, 2.45) is 0 Å². The van der Waals surface area contributed by atoms with Crippen LogP contribution in [0.3, 0.4) is 0 Å². The minimum atomic E-state index is -0.187. The molecule has 2 heterocycles. The van der Waals surface area contributed by atoms with Gasteiger partial charge in [-0.1, -0.05) is 18.2 Å². The van der Waals surface area contributed by atoms with E-state index in [4.69, 9.17) is 4.74 Å². The van der Waals surface area contributed by atoms with E-state index in [0.717, 1.165) is 16.0 Å². The van der Waals surface area contributed by atoms with Crippen molar-refractivity contribution >= 4 is 21.7 Å². The molecule has 0 unspecified atom stereocenters. The van der Waals surface area contributed by atoms with E-state index in [-0.39, 0.29) is 5.82 Å². The van der Waals surface area contributed by atoms with Crippen molar-refractivity contribution in [1.29, 1.82) is 0 Å². The second kappa shape index (κ2) is 5.17. The summed E-state index contributed by atoms with van der Waals surface area (Å²) in [4.78, 5) is 6.39. The van der Waals surface area contributed by atoms with E-state index < -0.39 is 0 Å². The molecule has 1 aliphatic rings. The molecular weight excluding hydrogens is 311 g/mol. The Kier molecular flexibility index (Phi) is 3.38. The van der Waals surface area contributed by atoms with E-state index in [0.29, 0.717) is 25.3 Å². The van der Waals surface area contributed by atoms with Crippen LogP contribution >= 0.6 is 15.9 Å². The molecule has 0 amide bonds. The maximum atomic E-state index is 13.7. The lowest BCUT2D eigenvalue weighted by atomic mass is 10.2. The lowest BCUT2D eigenvalue weighted by molar-refractivity contribution is 0.304. The van der Waals surface area contributed by atoms with Crippen LogP contribution in [0.5, 0.6) is 5.75 Å². The summed E-state index contributed by atoms with van der Waals surface area (Å²) < 4.78 is 20.1. The van der Waals surface area contributed by atoms with Gasteiger partial charge in [0, 0.05) is 22.8 Å². The van der Waals surface area contributed by atoms with E-state index in [1.54, 1.807) is 18.3 Å². The molecule has 98 valence electrons. The highest BCUT2D eigenvalue weighted by Gasteiger charge is 2.20. The molecule has 2 aromatic rings. The highest BCUT2D eigenvalue weighted by molar-refractivity contribution is 9.10. The average molecular weight is 323 g/mol. The number of ether oxygens (including phenoxy) is 1. The minimum Gasteiger partial charge on any atom is -0.488 e. The van der Waals surface area contributed by atoms with Crippen LogP contribution in [0.4, 0.5) is 10.2 Å². The fourth-order valence-corrected chi connectivity index (χ4v) is 2.43. The number of pyridine rings is 1. The van der Waals surface area contributed by atoms with Gasteiger partial charge in [0.15, 0.2) is 11.6 Å². The third kappa shape index (κ3) is 2.56. The first-order valence-corrected chi connectivity index (χ1v) is 6.80.